The van der Waals surface area contributed by atoms with Crippen LogP contribution in [0.5, 0.6) is 0 Å². The molecule has 0 atom stereocenters. The molecule has 0 radical (unpaired) electrons. The van der Waals surface area contributed by atoms with Gasteiger partial charge in [-0.3, -0.25) is 0 Å². The molecular weight excluding hydrogens is 370 g/mol. The van der Waals surface area contributed by atoms with Gasteiger partial charge in [0.2, 0.25) is 0 Å². The standard InChI is InChI=1S/C22H25N3O2S/c1-3-11-25-21(16-7-5-4-6-8-16)23-24-22(25)28-14-17-13-20(26)27-19-12-15(2)9-10-18(17)19/h3,9-10,12-13,16H,1,4-8,11,14H2,2H3. The first-order valence-electron chi connectivity index (χ1n) is 9.86. The second-order valence-electron chi connectivity index (χ2n) is 7.45. The number of fused-ring (bicyclic) bond motifs is 1. The molecule has 0 saturated heterocycles. The fourth-order valence-electron chi connectivity index (χ4n) is 3.97. The number of allylic oxidation sites excluding steroid dienone is 1. The van der Waals surface area contributed by atoms with Crippen molar-refractivity contribution in [2.45, 2.75) is 62.4 Å². The zero-order valence-electron chi connectivity index (χ0n) is 16.2. The van der Waals surface area contributed by atoms with Crippen molar-refractivity contribution in [2.75, 3.05) is 0 Å². The van der Waals surface area contributed by atoms with E-state index >= 15 is 0 Å². The van der Waals surface area contributed by atoms with Crippen LogP contribution in [0.4, 0.5) is 0 Å². The van der Waals surface area contributed by atoms with Gasteiger partial charge in [0, 0.05) is 29.7 Å². The summed E-state index contributed by atoms with van der Waals surface area (Å²) in [6.45, 7) is 6.60. The molecule has 6 heteroatoms. The Balaban J connectivity index is 1.61. The first kappa shape index (κ1) is 19.0. The minimum Gasteiger partial charge on any atom is -0.423 e. The largest absolute Gasteiger partial charge is 0.423 e. The lowest BCUT2D eigenvalue weighted by molar-refractivity contribution is 0.415. The van der Waals surface area contributed by atoms with Gasteiger partial charge in [0.25, 0.3) is 0 Å². The molecule has 1 fully saturated rings. The van der Waals surface area contributed by atoms with Crippen molar-refractivity contribution in [3.8, 4) is 0 Å². The third-order valence-electron chi connectivity index (χ3n) is 5.37. The van der Waals surface area contributed by atoms with Crippen LogP contribution in [0.25, 0.3) is 11.0 Å². The van der Waals surface area contributed by atoms with Crippen LogP contribution >= 0.6 is 11.8 Å². The van der Waals surface area contributed by atoms with E-state index in [1.807, 2.05) is 31.2 Å². The van der Waals surface area contributed by atoms with E-state index < -0.39 is 0 Å². The van der Waals surface area contributed by atoms with E-state index in [4.69, 9.17) is 4.42 Å². The van der Waals surface area contributed by atoms with Crippen LogP contribution < -0.4 is 5.63 Å². The molecule has 5 nitrogen and oxygen atoms in total. The van der Waals surface area contributed by atoms with Gasteiger partial charge >= 0.3 is 5.63 Å². The summed E-state index contributed by atoms with van der Waals surface area (Å²) in [4.78, 5) is 12.0. The van der Waals surface area contributed by atoms with Gasteiger partial charge in [-0.2, -0.15) is 0 Å². The third kappa shape index (κ3) is 3.92. The molecule has 0 unspecified atom stereocenters. The van der Waals surface area contributed by atoms with E-state index in [0.717, 1.165) is 27.5 Å². The van der Waals surface area contributed by atoms with E-state index in [2.05, 4.69) is 21.3 Å². The predicted molar refractivity (Wildman–Crippen MR) is 113 cm³/mol. The molecular formula is C22H25N3O2S. The number of aromatic nitrogens is 3. The predicted octanol–water partition coefficient (Wildman–Crippen LogP) is 5.22. The number of rotatable bonds is 6. The fraction of sp³-hybridized carbons (Fsp3) is 0.409. The summed E-state index contributed by atoms with van der Waals surface area (Å²) in [7, 11) is 0. The molecule has 0 bridgehead atoms. The molecule has 0 N–H and O–H groups in total. The number of aryl methyl sites for hydroxylation is 1. The van der Waals surface area contributed by atoms with E-state index in [9.17, 15) is 4.79 Å². The molecule has 0 spiro atoms. The zero-order valence-corrected chi connectivity index (χ0v) is 17.0. The second kappa shape index (κ2) is 8.35. The zero-order chi connectivity index (χ0) is 19.5. The highest BCUT2D eigenvalue weighted by Crippen LogP contribution is 2.34. The van der Waals surface area contributed by atoms with E-state index in [1.54, 1.807) is 17.8 Å². The molecule has 1 aliphatic carbocycles. The molecule has 0 amide bonds. The number of hydrogen-bond donors (Lipinski definition) is 0. The quantitative estimate of drug-likeness (QED) is 0.325. The van der Waals surface area contributed by atoms with Crippen molar-refractivity contribution in [3.63, 3.8) is 0 Å². The summed E-state index contributed by atoms with van der Waals surface area (Å²) in [6, 6.07) is 7.55. The monoisotopic (exact) mass is 395 g/mol. The molecule has 146 valence electrons. The summed E-state index contributed by atoms with van der Waals surface area (Å²) in [5.74, 6) is 2.21. The van der Waals surface area contributed by atoms with Crippen LogP contribution in [0.1, 0.15) is 55.0 Å². The minimum atomic E-state index is -0.316. The van der Waals surface area contributed by atoms with Crippen LogP contribution in [0.3, 0.4) is 0 Å². The lowest BCUT2D eigenvalue weighted by Gasteiger charge is -2.21. The lowest BCUT2D eigenvalue weighted by atomic mass is 9.89. The van der Waals surface area contributed by atoms with E-state index in [0.29, 0.717) is 23.8 Å². The Morgan fingerprint density at radius 1 is 1.25 bits per heavy atom. The average Bonchev–Trinajstić information content (AvgIpc) is 3.09. The molecule has 1 aromatic carbocycles. The van der Waals surface area contributed by atoms with Gasteiger partial charge in [0.15, 0.2) is 5.16 Å². The fourth-order valence-corrected chi connectivity index (χ4v) is 4.92. The lowest BCUT2D eigenvalue weighted by Crippen LogP contribution is -2.12. The summed E-state index contributed by atoms with van der Waals surface area (Å²) >= 11 is 1.61. The van der Waals surface area contributed by atoms with Gasteiger partial charge in [-0.1, -0.05) is 49.2 Å². The first-order valence-corrected chi connectivity index (χ1v) is 10.8. The van der Waals surface area contributed by atoms with Gasteiger partial charge < -0.3 is 8.98 Å². The van der Waals surface area contributed by atoms with Crippen molar-refractivity contribution in [2.24, 2.45) is 0 Å². The smallest absolute Gasteiger partial charge is 0.336 e. The normalized spacial score (nSPS) is 15.2. The topological polar surface area (TPSA) is 60.9 Å². The molecule has 2 heterocycles. The van der Waals surface area contributed by atoms with Crippen LogP contribution in [0.2, 0.25) is 0 Å². The molecule has 1 aliphatic rings. The van der Waals surface area contributed by atoms with E-state index in [-0.39, 0.29) is 5.63 Å². The highest BCUT2D eigenvalue weighted by atomic mass is 32.2. The van der Waals surface area contributed by atoms with Crippen LogP contribution in [-0.4, -0.2) is 14.8 Å². The maximum Gasteiger partial charge on any atom is 0.336 e. The summed E-state index contributed by atoms with van der Waals surface area (Å²) < 4.78 is 7.56. The highest BCUT2D eigenvalue weighted by molar-refractivity contribution is 7.98. The van der Waals surface area contributed by atoms with Crippen molar-refractivity contribution in [1.82, 2.24) is 14.8 Å². The summed E-state index contributed by atoms with van der Waals surface area (Å²) in [5.41, 5.74) is 2.36. The number of thioether (sulfide) groups is 1. The number of hydrogen-bond acceptors (Lipinski definition) is 5. The molecule has 28 heavy (non-hydrogen) atoms. The van der Waals surface area contributed by atoms with Crippen LogP contribution in [0.15, 0.2) is 51.3 Å². The summed E-state index contributed by atoms with van der Waals surface area (Å²) in [6.07, 6.45) is 8.11. The molecule has 0 aliphatic heterocycles. The van der Waals surface area contributed by atoms with Crippen molar-refractivity contribution in [1.29, 1.82) is 0 Å². The van der Waals surface area contributed by atoms with Gasteiger partial charge in [-0.15, -0.1) is 16.8 Å². The Morgan fingerprint density at radius 2 is 2.07 bits per heavy atom. The van der Waals surface area contributed by atoms with Gasteiger partial charge in [0.1, 0.15) is 11.4 Å². The molecule has 2 aromatic heterocycles. The molecule has 3 aromatic rings. The van der Waals surface area contributed by atoms with Crippen molar-refractivity contribution >= 4 is 22.7 Å². The van der Waals surface area contributed by atoms with Crippen molar-refractivity contribution < 1.29 is 4.42 Å². The van der Waals surface area contributed by atoms with Gasteiger partial charge in [-0.05, 0) is 37.0 Å². The minimum absolute atomic E-state index is 0.316. The van der Waals surface area contributed by atoms with Gasteiger partial charge in [0.05, 0.1) is 0 Å². The Bertz CT molecular complexity index is 1050. The summed E-state index contributed by atoms with van der Waals surface area (Å²) in [5, 5.41) is 10.9. The Morgan fingerprint density at radius 3 is 2.86 bits per heavy atom. The third-order valence-corrected chi connectivity index (χ3v) is 6.39. The van der Waals surface area contributed by atoms with E-state index in [1.165, 1.54) is 32.1 Å². The number of benzene rings is 1. The molecule has 1 saturated carbocycles. The van der Waals surface area contributed by atoms with Crippen LogP contribution in [0, 0.1) is 6.92 Å². The Labute approximate surface area is 168 Å². The Kier molecular flexibility index (Phi) is 5.67. The number of nitrogens with zero attached hydrogens (tertiary/aromatic N) is 3. The van der Waals surface area contributed by atoms with Gasteiger partial charge in [-0.25, -0.2) is 4.79 Å². The highest BCUT2D eigenvalue weighted by Gasteiger charge is 2.23. The Hall–Kier alpha value is -2.34. The first-order chi connectivity index (χ1) is 13.7. The maximum absolute atomic E-state index is 12.0. The van der Waals surface area contributed by atoms with Crippen LogP contribution in [-0.2, 0) is 12.3 Å². The van der Waals surface area contributed by atoms with Crippen molar-refractivity contribution in [3.05, 3.63) is 64.3 Å². The second-order valence-corrected chi connectivity index (χ2v) is 8.40. The molecule has 4 rings (SSSR count). The average molecular weight is 396 g/mol. The maximum atomic E-state index is 12.0. The SMILES string of the molecule is C=CCn1c(SCc2cc(=O)oc3cc(C)ccc23)nnc1C1CCCCC1.